The Morgan fingerprint density at radius 1 is 1.00 bits per heavy atom. The van der Waals surface area contributed by atoms with Crippen molar-refractivity contribution in [3.05, 3.63) is 57.0 Å². The summed E-state index contributed by atoms with van der Waals surface area (Å²) in [6.45, 7) is 3.93. The van der Waals surface area contributed by atoms with E-state index in [2.05, 4.69) is 9.62 Å². The molecular formula is C19H20Cl3N3O3S. The minimum Gasteiger partial charge on any atom is -0.368 e. The fourth-order valence-electron chi connectivity index (χ4n) is 3.15. The lowest BCUT2D eigenvalue weighted by Crippen LogP contribution is -2.51. The number of rotatable bonds is 5. The van der Waals surface area contributed by atoms with E-state index in [1.165, 1.54) is 18.2 Å². The van der Waals surface area contributed by atoms with Gasteiger partial charge in [0.2, 0.25) is 15.9 Å². The zero-order valence-electron chi connectivity index (χ0n) is 15.7. The van der Waals surface area contributed by atoms with Crippen molar-refractivity contribution in [1.82, 2.24) is 9.62 Å². The molecule has 1 fully saturated rings. The molecule has 1 saturated heterocycles. The van der Waals surface area contributed by atoms with Gasteiger partial charge in [-0.2, -0.15) is 0 Å². The van der Waals surface area contributed by atoms with Crippen LogP contribution in [0.5, 0.6) is 0 Å². The third kappa shape index (κ3) is 5.35. The topological polar surface area (TPSA) is 69.7 Å². The zero-order valence-corrected chi connectivity index (χ0v) is 18.7. The van der Waals surface area contributed by atoms with Crippen LogP contribution in [0.1, 0.15) is 5.56 Å². The number of sulfonamides is 1. The van der Waals surface area contributed by atoms with E-state index in [0.29, 0.717) is 31.2 Å². The van der Waals surface area contributed by atoms with Crippen molar-refractivity contribution in [2.75, 3.05) is 37.6 Å². The summed E-state index contributed by atoms with van der Waals surface area (Å²) < 4.78 is 27.2. The van der Waals surface area contributed by atoms with Gasteiger partial charge >= 0.3 is 0 Å². The van der Waals surface area contributed by atoms with Gasteiger partial charge in [0.05, 0.1) is 11.6 Å². The van der Waals surface area contributed by atoms with E-state index in [1.54, 1.807) is 4.90 Å². The van der Waals surface area contributed by atoms with E-state index >= 15 is 0 Å². The van der Waals surface area contributed by atoms with Gasteiger partial charge in [-0.25, -0.2) is 13.1 Å². The summed E-state index contributed by atoms with van der Waals surface area (Å²) in [6, 6.07) is 9.87. The molecule has 156 valence electrons. The van der Waals surface area contributed by atoms with Gasteiger partial charge < -0.3 is 9.80 Å². The van der Waals surface area contributed by atoms with Crippen LogP contribution in [-0.4, -0.2) is 51.9 Å². The highest BCUT2D eigenvalue weighted by molar-refractivity contribution is 7.89. The van der Waals surface area contributed by atoms with E-state index in [0.717, 1.165) is 11.3 Å². The number of hydrogen-bond acceptors (Lipinski definition) is 4. The first kappa shape index (κ1) is 22.2. The molecule has 29 heavy (non-hydrogen) atoms. The highest BCUT2D eigenvalue weighted by atomic mass is 35.5. The number of amides is 1. The van der Waals surface area contributed by atoms with E-state index in [4.69, 9.17) is 34.8 Å². The summed E-state index contributed by atoms with van der Waals surface area (Å²) in [4.78, 5) is 16.1. The fraction of sp³-hybridized carbons (Fsp3) is 0.316. The molecule has 1 aliphatic heterocycles. The third-order valence-electron chi connectivity index (χ3n) is 4.74. The summed E-state index contributed by atoms with van der Waals surface area (Å²) >= 11 is 17.9. The Kier molecular flexibility index (Phi) is 6.96. The first-order chi connectivity index (χ1) is 13.7. The van der Waals surface area contributed by atoms with Gasteiger partial charge in [0.15, 0.2) is 0 Å². The molecule has 0 atom stereocenters. The number of carbonyl (C=O) groups excluding carboxylic acids is 1. The predicted molar refractivity (Wildman–Crippen MR) is 117 cm³/mol. The van der Waals surface area contributed by atoms with E-state index in [-0.39, 0.29) is 27.4 Å². The molecule has 0 radical (unpaired) electrons. The molecule has 2 aromatic rings. The average molecular weight is 477 g/mol. The molecule has 1 aliphatic rings. The maximum Gasteiger partial charge on any atom is 0.242 e. The first-order valence-electron chi connectivity index (χ1n) is 8.91. The van der Waals surface area contributed by atoms with Crippen molar-refractivity contribution >= 4 is 56.4 Å². The number of hydrogen-bond donors (Lipinski definition) is 1. The second-order valence-electron chi connectivity index (χ2n) is 6.70. The summed E-state index contributed by atoms with van der Waals surface area (Å²) in [5.41, 5.74) is 2.15. The van der Waals surface area contributed by atoms with E-state index in [1.807, 2.05) is 25.1 Å². The highest BCUT2D eigenvalue weighted by Gasteiger charge is 2.25. The Morgan fingerprint density at radius 3 is 2.31 bits per heavy atom. The number of aryl methyl sites for hydroxylation is 1. The van der Waals surface area contributed by atoms with Gasteiger partial charge in [0.1, 0.15) is 4.90 Å². The average Bonchev–Trinajstić information content (AvgIpc) is 2.70. The zero-order chi connectivity index (χ0) is 21.2. The lowest BCUT2D eigenvalue weighted by Gasteiger charge is -2.37. The maximum absolute atomic E-state index is 12.5. The van der Waals surface area contributed by atoms with Crippen molar-refractivity contribution in [1.29, 1.82) is 0 Å². The Morgan fingerprint density at radius 2 is 1.62 bits per heavy atom. The van der Waals surface area contributed by atoms with Crippen LogP contribution in [0.15, 0.2) is 41.3 Å². The number of halogens is 3. The van der Waals surface area contributed by atoms with Crippen LogP contribution in [0.2, 0.25) is 15.1 Å². The molecule has 10 heteroatoms. The summed E-state index contributed by atoms with van der Waals surface area (Å²) in [5.74, 6) is -0.297. The van der Waals surface area contributed by atoms with Crippen LogP contribution in [0.4, 0.5) is 5.69 Å². The lowest BCUT2D eigenvalue weighted by molar-refractivity contribution is -0.130. The Hall–Kier alpha value is -1.51. The van der Waals surface area contributed by atoms with Crippen molar-refractivity contribution in [3.63, 3.8) is 0 Å². The maximum atomic E-state index is 12.5. The Labute approximate surface area is 185 Å². The monoisotopic (exact) mass is 475 g/mol. The van der Waals surface area contributed by atoms with Gasteiger partial charge in [-0.3, -0.25) is 4.79 Å². The van der Waals surface area contributed by atoms with Gasteiger partial charge in [-0.15, -0.1) is 0 Å². The van der Waals surface area contributed by atoms with Crippen LogP contribution in [0.3, 0.4) is 0 Å². The Bertz CT molecular complexity index is 1020. The number of piperazine rings is 1. The molecule has 1 heterocycles. The van der Waals surface area contributed by atoms with Crippen molar-refractivity contribution in [2.45, 2.75) is 11.8 Å². The molecule has 0 unspecified atom stereocenters. The molecule has 0 saturated carbocycles. The number of benzene rings is 2. The number of nitrogens with zero attached hydrogens (tertiary/aromatic N) is 2. The lowest BCUT2D eigenvalue weighted by atomic mass is 10.1. The number of carbonyl (C=O) groups is 1. The van der Waals surface area contributed by atoms with Crippen molar-refractivity contribution < 1.29 is 13.2 Å². The summed E-state index contributed by atoms with van der Waals surface area (Å²) in [7, 11) is -3.95. The van der Waals surface area contributed by atoms with Crippen LogP contribution < -0.4 is 9.62 Å². The Balaban J connectivity index is 1.59. The smallest absolute Gasteiger partial charge is 0.242 e. The van der Waals surface area contributed by atoms with Gasteiger partial charge in [0.25, 0.3) is 0 Å². The molecule has 1 N–H and O–H groups in total. The standard InChI is InChI=1S/C19H20Cl3N3O3S/c1-13-2-3-14(20)10-17(13)24-6-8-25(9-7-24)19(26)12-23-29(27,28)18-11-15(21)4-5-16(18)22/h2-5,10-11,23H,6-9,12H2,1H3. The molecule has 0 aliphatic carbocycles. The molecule has 6 nitrogen and oxygen atoms in total. The molecule has 0 bridgehead atoms. The molecule has 1 amide bonds. The predicted octanol–water partition coefficient (Wildman–Crippen LogP) is 3.58. The quantitative estimate of drug-likeness (QED) is 0.716. The molecule has 3 rings (SSSR count). The minimum atomic E-state index is -3.95. The van der Waals surface area contributed by atoms with Crippen LogP contribution in [0.25, 0.3) is 0 Å². The molecular weight excluding hydrogens is 457 g/mol. The second kappa shape index (κ2) is 9.10. The second-order valence-corrected chi connectivity index (χ2v) is 9.71. The van der Waals surface area contributed by atoms with E-state index < -0.39 is 10.0 Å². The number of nitrogens with one attached hydrogen (secondary N) is 1. The summed E-state index contributed by atoms with van der Waals surface area (Å²) in [5, 5.41) is 0.951. The van der Waals surface area contributed by atoms with Gasteiger partial charge in [-0.05, 0) is 42.8 Å². The largest absolute Gasteiger partial charge is 0.368 e. The fourth-order valence-corrected chi connectivity index (χ4v) is 5.05. The number of anilines is 1. The minimum absolute atomic E-state index is 0.0415. The third-order valence-corrected chi connectivity index (χ3v) is 7.09. The van der Waals surface area contributed by atoms with E-state index in [9.17, 15) is 13.2 Å². The first-order valence-corrected chi connectivity index (χ1v) is 11.5. The molecule has 0 spiro atoms. The SMILES string of the molecule is Cc1ccc(Cl)cc1N1CCN(C(=O)CNS(=O)(=O)c2cc(Cl)ccc2Cl)CC1. The van der Waals surface area contributed by atoms with Crippen LogP contribution >= 0.6 is 34.8 Å². The normalized spacial score (nSPS) is 14.9. The van der Waals surface area contributed by atoms with Gasteiger partial charge in [0, 0.05) is 41.9 Å². The van der Waals surface area contributed by atoms with Crippen LogP contribution in [0, 0.1) is 6.92 Å². The van der Waals surface area contributed by atoms with Crippen LogP contribution in [-0.2, 0) is 14.8 Å². The van der Waals surface area contributed by atoms with Crippen molar-refractivity contribution in [3.8, 4) is 0 Å². The van der Waals surface area contributed by atoms with Crippen molar-refractivity contribution in [2.24, 2.45) is 0 Å². The molecule has 2 aromatic carbocycles. The highest BCUT2D eigenvalue weighted by Crippen LogP contribution is 2.26. The molecule has 0 aromatic heterocycles. The van der Waals surface area contributed by atoms with Gasteiger partial charge in [-0.1, -0.05) is 40.9 Å². The summed E-state index contributed by atoms with van der Waals surface area (Å²) in [6.07, 6.45) is 0.